The summed E-state index contributed by atoms with van der Waals surface area (Å²) in [6, 6.07) is 8.80. The molecule has 1 aromatic carbocycles. The Hall–Kier alpha value is -1.55. The molecule has 1 atom stereocenters. The van der Waals surface area contributed by atoms with Crippen molar-refractivity contribution in [3.63, 3.8) is 0 Å². The summed E-state index contributed by atoms with van der Waals surface area (Å²) in [6.07, 6.45) is 2.01. The van der Waals surface area contributed by atoms with Crippen molar-refractivity contribution in [1.29, 1.82) is 0 Å². The second-order valence-corrected chi connectivity index (χ2v) is 5.63. The normalized spacial score (nSPS) is 18.6. The molecule has 0 spiro atoms. The van der Waals surface area contributed by atoms with Crippen LogP contribution in [-0.2, 0) is 11.3 Å². The highest BCUT2D eigenvalue weighted by atomic mass is 16.2. The van der Waals surface area contributed by atoms with E-state index in [0.29, 0.717) is 6.04 Å². The number of hydrogen-bond acceptors (Lipinski definition) is 3. The van der Waals surface area contributed by atoms with Crippen LogP contribution < -0.4 is 15.5 Å². The minimum Gasteiger partial charge on any atom is -0.359 e. The van der Waals surface area contributed by atoms with Crippen molar-refractivity contribution in [3.8, 4) is 0 Å². The van der Waals surface area contributed by atoms with Crippen LogP contribution in [0.25, 0.3) is 0 Å². The third-order valence-corrected chi connectivity index (χ3v) is 3.80. The van der Waals surface area contributed by atoms with Crippen LogP contribution in [0.5, 0.6) is 0 Å². The Labute approximate surface area is 121 Å². The molecule has 0 aromatic heterocycles. The molecule has 4 heteroatoms. The van der Waals surface area contributed by atoms with E-state index >= 15 is 0 Å². The zero-order valence-electron chi connectivity index (χ0n) is 12.6. The van der Waals surface area contributed by atoms with Crippen LogP contribution in [0.4, 0.5) is 5.69 Å². The number of nitrogens with zero attached hydrogens (tertiary/aromatic N) is 1. The standard InChI is InChI=1S/C16H25N3O/c1-12(2)18-11-13-7-4-5-8-14(13)19-10-6-9-15(19)16(20)17-3/h4-5,7-8,12,15,18H,6,9-11H2,1-3H3,(H,17,20). The van der Waals surface area contributed by atoms with Crippen molar-refractivity contribution in [2.45, 2.75) is 45.3 Å². The molecular weight excluding hydrogens is 250 g/mol. The van der Waals surface area contributed by atoms with E-state index in [-0.39, 0.29) is 11.9 Å². The van der Waals surface area contributed by atoms with E-state index in [0.717, 1.165) is 25.9 Å². The molecule has 2 rings (SSSR count). The number of anilines is 1. The van der Waals surface area contributed by atoms with Gasteiger partial charge in [0, 0.05) is 31.9 Å². The maximum Gasteiger partial charge on any atom is 0.242 e. The van der Waals surface area contributed by atoms with Crippen LogP contribution in [0.15, 0.2) is 24.3 Å². The maximum absolute atomic E-state index is 12.0. The van der Waals surface area contributed by atoms with Crippen LogP contribution >= 0.6 is 0 Å². The second-order valence-electron chi connectivity index (χ2n) is 5.63. The van der Waals surface area contributed by atoms with Crippen LogP contribution in [0.1, 0.15) is 32.3 Å². The predicted molar refractivity (Wildman–Crippen MR) is 82.9 cm³/mol. The average molecular weight is 275 g/mol. The Kier molecular flexibility index (Phi) is 5.01. The Morgan fingerprint density at radius 3 is 2.85 bits per heavy atom. The number of amides is 1. The third-order valence-electron chi connectivity index (χ3n) is 3.80. The highest BCUT2D eigenvalue weighted by molar-refractivity contribution is 5.86. The third kappa shape index (κ3) is 3.31. The number of carbonyl (C=O) groups is 1. The van der Waals surface area contributed by atoms with Crippen molar-refractivity contribution >= 4 is 11.6 Å². The van der Waals surface area contributed by atoms with Crippen molar-refractivity contribution in [2.75, 3.05) is 18.5 Å². The molecule has 1 aliphatic heterocycles. The summed E-state index contributed by atoms with van der Waals surface area (Å²) in [5, 5.41) is 6.24. The lowest BCUT2D eigenvalue weighted by Gasteiger charge is -2.28. The number of para-hydroxylation sites is 1. The SMILES string of the molecule is CNC(=O)C1CCCN1c1ccccc1CNC(C)C. The molecule has 0 aliphatic carbocycles. The molecule has 110 valence electrons. The first-order valence-electron chi connectivity index (χ1n) is 7.43. The van der Waals surface area contributed by atoms with Crippen LogP contribution in [0.2, 0.25) is 0 Å². The highest BCUT2D eigenvalue weighted by Crippen LogP contribution is 2.28. The quantitative estimate of drug-likeness (QED) is 0.862. The molecule has 1 amide bonds. The van der Waals surface area contributed by atoms with E-state index in [4.69, 9.17) is 0 Å². The molecule has 2 N–H and O–H groups in total. The first kappa shape index (κ1) is 14.9. The van der Waals surface area contributed by atoms with Gasteiger partial charge in [0.05, 0.1) is 0 Å². The van der Waals surface area contributed by atoms with Crippen LogP contribution in [0.3, 0.4) is 0 Å². The van der Waals surface area contributed by atoms with Gasteiger partial charge in [-0.05, 0) is 24.5 Å². The molecule has 1 unspecified atom stereocenters. The summed E-state index contributed by atoms with van der Waals surface area (Å²) in [7, 11) is 1.71. The average Bonchev–Trinajstić information content (AvgIpc) is 2.93. The lowest BCUT2D eigenvalue weighted by Crippen LogP contribution is -2.42. The zero-order chi connectivity index (χ0) is 14.5. The Morgan fingerprint density at radius 1 is 1.40 bits per heavy atom. The van der Waals surface area contributed by atoms with Crippen molar-refractivity contribution in [3.05, 3.63) is 29.8 Å². The van der Waals surface area contributed by atoms with E-state index in [9.17, 15) is 4.79 Å². The van der Waals surface area contributed by atoms with Gasteiger partial charge in [0.25, 0.3) is 0 Å². The molecule has 0 saturated carbocycles. The lowest BCUT2D eigenvalue weighted by molar-refractivity contribution is -0.121. The summed E-state index contributed by atoms with van der Waals surface area (Å²) < 4.78 is 0. The molecule has 1 aromatic rings. The van der Waals surface area contributed by atoms with Gasteiger partial charge in [0.1, 0.15) is 6.04 Å². The largest absolute Gasteiger partial charge is 0.359 e. The molecule has 0 bridgehead atoms. The molecule has 0 radical (unpaired) electrons. The number of carbonyl (C=O) groups excluding carboxylic acids is 1. The summed E-state index contributed by atoms with van der Waals surface area (Å²) in [5.41, 5.74) is 2.45. The topological polar surface area (TPSA) is 44.4 Å². The zero-order valence-corrected chi connectivity index (χ0v) is 12.6. The van der Waals surface area contributed by atoms with Gasteiger partial charge in [-0.25, -0.2) is 0 Å². The van der Waals surface area contributed by atoms with Gasteiger partial charge in [-0.15, -0.1) is 0 Å². The van der Waals surface area contributed by atoms with Crippen LogP contribution in [-0.4, -0.2) is 31.6 Å². The van der Waals surface area contributed by atoms with E-state index in [1.165, 1.54) is 11.3 Å². The van der Waals surface area contributed by atoms with E-state index < -0.39 is 0 Å². The van der Waals surface area contributed by atoms with E-state index in [1.54, 1.807) is 7.05 Å². The molecule has 1 aliphatic rings. The number of rotatable bonds is 5. The minimum atomic E-state index is -0.0276. The van der Waals surface area contributed by atoms with E-state index in [2.05, 4.69) is 47.6 Å². The van der Waals surface area contributed by atoms with Gasteiger partial charge in [0.15, 0.2) is 0 Å². The van der Waals surface area contributed by atoms with Gasteiger partial charge in [-0.3, -0.25) is 4.79 Å². The summed E-state index contributed by atoms with van der Waals surface area (Å²) >= 11 is 0. The van der Waals surface area contributed by atoms with Gasteiger partial charge < -0.3 is 15.5 Å². The predicted octanol–water partition coefficient (Wildman–Crippen LogP) is 1.90. The highest BCUT2D eigenvalue weighted by Gasteiger charge is 2.31. The maximum atomic E-state index is 12.0. The Morgan fingerprint density at radius 2 is 2.15 bits per heavy atom. The smallest absolute Gasteiger partial charge is 0.242 e. The van der Waals surface area contributed by atoms with Gasteiger partial charge in [-0.1, -0.05) is 32.0 Å². The molecule has 20 heavy (non-hydrogen) atoms. The molecule has 1 saturated heterocycles. The van der Waals surface area contributed by atoms with Crippen LogP contribution in [0, 0.1) is 0 Å². The minimum absolute atomic E-state index is 0.0276. The van der Waals surface area contributed by atoms with Crippen molar-refractivity contribution in [2.24, 2.45) is 0 Å². The first-order valence-corrected chi connectivity index (χ1v) is 7.43. The fourth-order valence-electron chi connectivity index (χ4n) is 2.75. The Bertz CT molecular complexity index is 459. The summed E-state index contributed by atoms with van der Waals surface area (Å²) in [4.78, 5) is 14.3. The van der Waals surface area contributed by atoms with Gasteiger partial charge in [-0.2, -0.15) is 0 Å². The monoisotopic (exact) mass is 275 g/mol. The first-order chi connectivity index (χ1) is 9.63. The molecule has 1 heterocycles. The van der Waals surface area contributed by atoms with Crippen molar-refractivity contribution in [1.82, 2.24) is 10.6 Å². The second kappa shape index (κ2) is 6.75. The number of nitrogens with one attached hydrogen (secondary N) is 2. The number of benzene rings is 1. The Balaban J connectivity index is 2.20. The molecule has 4 nitrogen and oxygen atoms in total. The summed E-state index contributed by atoms with van der Waals surface area (Å²) in [5.74, 6) is 0.120. The number of likely N-dealkylation sites (N-methyl/N-ethyl adjacent to an activating group) is 1. The molecular formula is C16H25N3O. The van der Waals surface area contributed by atoms with E-state index in [1.807, 2.05) is 6.07 Å². The fourth-order valence-corrected chi connectivity index (χ4v) is 2.75. The van der Waals surface area contributed by atoms with Gasteiger partial charge in [0.2, 0.25) is 5.91 Å². The fraction of sp³-hybridized carbons (Fsp3) is 0.562. The van der Waals surface area contributed by atoms with Gasteiger partial charge >= 0.3 is 0 Å². The lowest BCUT2D eigenvalue weighted by atomic mass is 10.1. The van der Waals surface area contributed by atoms with Crippen molar-refractivity contribution < 1.29 is 4.79 Å². The molecule has 1 fully saturated rings. The number of hydrogen-bond donors (Lipinski definition) is 2. The summed E-state index contributed by atoms with van der Waals surface area (Å²) in [6.45, 7) is 6.08.